The molecule has 1 aromatic carbocycles. The van der Waals surface area contributed by atoms with Gasteiger partial charge in [0.15, 0.2) is 11.6 Å². The SMILES string of the molecule is Cc1ccc(CC(=O)c2nccnc2N)c(N2CCCC(N)C2)c1. The lowest BCUT2D eigenvalue weighted by Crippen LogP contribution is -2.43. The number of aromatic nitrogens is 2. The summed E-state index contributed by atoms with van der Waals surface area (Å²) in [7, 11) is 0. The van der Waals surface area contributed by atoms with Crippen molar-refractivity contribution in [1.29, 1.82) is 0 Å². The van der Waals surface area contributed by atoms with Crippen molar-refractivity contribution in [2.24, 2.45) is 5.73 Å². The molecule has 1 aromatic heterocycles. The summed E-state index contributed by atoms with van der Waals surface area (Å²) in [6.07, 6.45) is 5.35. The number of hydrogen-bond donors (Lipinski definition) is 2. The standard InChI is InChI=1S/C18H23N5O/c1-12-4-5-13(10-16(24)17-18(20)22-7-6-21-17)15(9-12)23-8-2-3-14(19)11-23/h4-7,9,14H,2-3,8,10-11,19H2,1H3,(H2,20,22). The fraction of sp³-hybridized carbons (Fsp3) is 0.389. The van der Waals surface area contributed by atoms with Gasteiger partial charge in [-0.15, -0.1) is 0 Å². The molecule has 6 nitrogen and oxygen atoms in total. The van der Waals surface area contributed by atoms with Crippen LogP contribution in [0.5, 0.6) is 0 Å². The first-order valence-electron chi connectivity index (χ1n) is 8.24. The largest absolute Gasteiger partial charge is 0.382 e. The van der Waals surface area contributed by atoms with Crippen LogP contribution < -0.4 is 16.4 Å². The summed E-state index contributed by atoms with van der Waals surface area (Å²) in [6, 6.07) is 6.34. The second-order valence-electron chi connectivity index (χ2n) is 6.37. The van der Waals surface area contributed by atoms with E-state index in [2.05, 4.69) is 27.9 Å². The van der Waals surface area contributed by atoms with Gasteiger partial charge in [-0.25, -0.2) is 9.97 Å². The Morgan fingerprint density at radius 1 is 1.33 bits per heavy atom. The van der Waals surface area contributed by atoms with Crippen LogP contribution in [0.25, 0.3) is 0 Å². The van der Waals surface area contributed by atoms with E-state index in [0.29, 0.717) is 0 Å². The number of nitrogens with zero attached hydrogens (tertiary/aromatic N) is 3. The average molecular weight is 325 g/mol. The molecule has 3 rings (SSSR count). The maximum Gasteiger partial charge on any atom is 0.189 e. The van der Waals surface area contributed by atoms with Crippen molar-refractivity contribution < 1.29 is 4.79 Å². The van der Waals surface area contributed by atoms with Crippen molar-refractivity contribution >= 4 is 17.3 Å². The molecule has 1 atom stereocenters. The zero-order valence-corrected chi connectivity index (χ0v) is 13.9. The number of nitrogen functional groups attached to an aromatic ring is 1. The van der Waals surface area contributed by atoms with Crippen LogP contribution in [-0.4, -0.2) is 34.9 Å². The van der Waals surface area contributed by atoms with Crippen molar-refractivity contribution in [3.05, 3.63) is 47.4 Å². The molecule has 0 aliphatic carbocycles. The van der Waals surface area contributed by atoms with Crippen LogP contribution in [0.15, 0.2) is 30.6 Å². The normalized spacial score (nSPS) is 17.8. The number of rotatable bonds is 4. The van der Waals surface area contributed by atoms with Crippen LogP contribution >= 0.6 is 0 Å². The first-order valence-corrected chi connectivity index (χ1v) is 8.24. The third-order valence-corrected chi connectivity index (χ3v) is 4.38. The quantitative estimate of drug-likeness (QED) is 0.831. The number of piperidine rings is 1. The molecule has 0 spiro atoms. The molecule has 4 N–H and O–H groups in total. The molecule has 0 saturated carbocycles. The molecular weight excluding hydrogens is 302 g/mol. The molecule has 6 heteroatoms. The van der Waals surface area contributed by atoms with Gasteiger partial charge in [0.25, 0.3) is 0 Å². The van der Waals surface area contributed by atoms with Gasteiger partial charge >= 0.3 is 0 Å². The van der Waals surface area contributed by atoms with Gasteiger partial charge in [0, 0.05) is 43.6 Å². The zero-order chi connectivity index (χ0) is 17.1. The fourth-order valence-electron chi connectivity index (χ4n) is 3.17. The predicted molar refractivity (Wildman–Crippen MR) is 95.1 cm³/mol. The van der Waals surface area contributed by atoms with Gasteiger partial charge < -0.3 is 16.4 Å². The number of Topliss-reactive ketones (excluding diaryl/α,β-unsaturated/α-hetero) is 1. The topological polar surface area (TPSA) is 98.1 Å². The van der Waals surface area contributed by atoms with Crippen LogP contribution in [-0.2, 0) is 6.42 Å². The van der Waals surface area contributed by atoms with Crippen LogP contribution in [0.4, 0.5) is 11.5 Å². The minimum Gasteiger partial charge on any atom is -0.382 e. The maximum atomic E-state index is 12.6. The number of carbonyl (C=O) groups excluding carboxylic acids is 1. The Bertz CT molecular complexity index is 746. The Labute approximate surface area is 141 Å². The van der Waals surface area contributed by atoms with Gasteiger partial charge in [-0.2, -0.15) is 0 Å². The van der Waals surface area contributed by atoms with Gasteiger partial charge in [-0.1, -0.05) is 12.1 Å². The van der Waals surface area contributed by atoms with E-state index in [4.69, 9.17) is 11.5 Å². The Hall–Kier alpha value is -2.47. The summed E-state index contributed by atoms with van der Waals surface area (Å²) in [5, 5.41) is 0. The first kappa shape index (κ1) is 16.4. The van der Waals surface area contributed by atoms with E-state index in [1.165, 1.54) is 18.0 Å². The zero-order valence-electron chi connectivity index (χ0n) is 13.9. The summed E-state index contributed by atoms with van der Waals surface area (Å²) in [4.78, 5) is 22.9. The maximum absolute atomic E-state index is 12.6. The number of anilines is 2. The number of aryl methyl sites for hydroxylation is 1. The predicted octanol–water partition coefficient (Wildman–Crippen LogP) is 1.72. The molecular formula is C18H23N5O. The van der Waals surface area contributed by atoms with E-state index in [1.807, 2.05) is 12.1 Å². The molecule has 2 heterocycles. The van der Waals surface area contributed by atoms with Crippen molar-refractivity contribution in [2.75, 3.05) is 23.7 Å². The molecule has 24 heavy (non-hydrogen) atoms. The molecule has 0 radical (unpaired) electrons. The number of ketones is 1. The molecule has 1 fully saturated rings. The van der Waals surface area contributed by atoms with E-state index < -0.39 is 0 Å². The second-order valence-corrected chi connectivity index (χ2v) is 6.37. The number of hydrogen-bond acceptors (Lipinski definition) is 6. The van der Waals surface area contributed by atoms with Crippen LogP contribution in [0, 0.1) is 6.92 Å². The van der Waals surface area contributed by atoms with E-state index in [-0.39, 0.29) is 29.8 Å². The number of nitrogens with two attached hydrogens (primary N) is 2. The third-order valence-electron chi connectivity index (χ3n) is 4.38. The number of benzene rings is 1. The molecule has 1 saturated heterocycles. The highest BCUT2D eigenvalue weighted by Crippen LogP contribution is 2.26. The monoisotopic (exact) mass is 325 g/mol. The molecule has 1 aliphatic rings. The van der Waals surface area contributed by atoms with Gasteiger partial charge in [0.05, 0.1) is 0 Å². The first-order chi connectivity index (χ1) is 11.5. The van der Waals surface area contributed by atoms with Crippen molar-refractivity contribution in [3.8, 4) is 0 Å². The summed E-state index contributed by atoms with van der Waals surface area (Å²) >= 11 is 0. The fourth-order valence-corrected chi connectivity index (χ4v) is 3.17. The Morgan fingerprint density at radius 3 is 2.88 bits per heavy atom. The van der Waals surface area contributed by atoms with Gasteiger partial charge in [0.1, 0.15) is 5.69 Å². The minimum absolute atomic E-state index is 0.119. The molecule has 0 amide bonds. The van der Waals surface area contributed by atoms with Gasteiger partial charge in [0.2, 0.25) is 0 Å². The highest BCUT2D eigenvalue weighted by molar-refractivity contribution is 5.99. The lowest BCUT2D eigenvalue weighted by Gasteiger charge is -2.34. The van der Waals surface area contributed by atoms with Crippen LogP contribution in [0.2, 0.25) is 0 Å². The lowest BCUT2D eigenvalue weighted by atomic mass is 9.99. The van der Waals surface area contributed by atoms with E-state index in [0.717, 1.165) is 37.2 Å². The van der Waals surface area contributed by atoms with E-state index >= 15 is 0 Å². The summed E-state index contributed by atoms with van der Waals surface area (Å²) < 4.78 is 0. The summed E-state index contributed by atoms with van der Waals surface area (Å²) in [6.45, 7) is 3.84. The Kier molecular flexibility index (Phi) is 4.76. The molecule has 0 bridgehead atoms. The van der Waals surface area contributed by atoms with E-state index in [9.17, 15) is 4.79 Å². The van der Waals surface area contributed by atoms with Crippen LogP contribution in [0.3, 0.4) is 0 Å². The second kappa shape index (κ2) is 6.97. The molecule has 1 aliphatic heterocycles. The molecule has 2 aromatic rings. The van der Waals surface area contributed by atoms with Crippen molar-refractivity contribution in [2.45, 2.75) is 32.2 Å². The van der Waals surface area contributed by atoms with Gasteiger partial charge in [-0.3, -0.25) is 4.79 Å². The van der Waals surface area contributed by atoms with Crippen molar-refractivity contribution in [1.82, 2.24) is 9.97 Å². The number of carbonyl (C=O) groups is 1. The average Bonchev–Trinajstić information content (AvgIpc) is 2.57. The highest BCUT2D eigenvalue weighted by atomic mass is 16.1. The summed E-state index contributed by atoms with van der Waals surface area (Å²) in [5.41, 5.74) is 15.4. The Balaban J connectivity index is 1.88. The third kappa shape index (κ3) is 3.54. The Morgan fingerprint density at radius 2 is 2.12 bits per heavy atom. The summed E-state index contributed by atoms with van der Waals surface area (Å²) in [5.74, 6) is 0.0585. The van der Waals surface area contributed by atoms with Crippen molar-refractivity contribution in [3.63, 3.8) is 0 Å². The minimum atomic E-state index is -0.119. The smallest absolute Gasteiger partial charge is 0.189 e. The van der Waals surface area contributed by atoms with Gasteiger partial charge in [-0.05, 0) is 37.0 Å². The lowest BCUT2D eigenvalue weighted by molar-refractivity contribution is 0.0989. The van der Waals surface area contributed by atoms with Crippen LogP contribution in [0.1, 0.15) is 34.5 Å². The molecule has 1 unspecified atom stereocenters. The highest BCUT2D eigenvalue weighted by Gasteiger charge is 2.21. The molecule has 126 valence electrons. The van der Waals surface area contributed by atoms with E-state index in [1.54, 1.807) is 0 Å².